The van der Waals surface area contributed by atoms with Gasteiger partial charge in [-0.15, -0.1) is 0 Å². The SMILES string of the molecule is CC(C)=CCOC(=O)CCCC(=O)OC1CCC(C)CC1. The van der Waals surface area contributed by atoms with E-state index < -0.39 is 0 Å². The summed E-state index contributed by atoms with van der Waals surface area (Å²) in [4.78, 5) is 23.1. The normalized spacial score (nSPS) is 21.5. The van der Waals surface area contributed by atoms with Crippen molar-refractivity contribution < 1.29 is 19.1 Å². The average Bonchev–Trinajstić information content (AvgIpc) is 2.41. The van der Waals surface area contributed by atoms with Gasteiger partial charge in [-0.2, -0.15) is 0 Å². The predicted octanol–water partition coefficient (Wildman–Crippen LogP) is 3.79. The third-order valence-electron chi connectivity index (χ3n) is 3.76. The van der Waals surface area contributed by atoms with Crippen molar-refractivity contribution >= 4 is 11.9 Å². The zero-order valence-corrected chi connectivity index (χ0v) is 13.5. The molecule has 120 valence electrons. The lowest BCUT2D eigenvalue weighted by molar-refractivity contribution is -0.151. The molecule has 1 aliphatic rings. The Morgan fingerprint density at radius 2 is 1.67 bits per heavy atom. The van der Waals surface area contributed by atoms with Crippen molar-refractivity contribution in [1.82, 2.24) is 0 Å². The van der Waals surface area contributed by atoms with Crippen LogP contribution in [0.5, 0.6) is 0 Å². The molecule has 0 unspecified atom stereocenters. The molecule has 1 rings (SSSR count). The number of carbonyl (C=O) groups excluding carboxylic acids is 2. The van der Waals surface area contributed by atoms with Crippen LogP contribution in [0.4, 0.5) is 0 Å². The lowest BCUT2D eigenvalue weighted by Crippen LogP contribution is -2.23. The Labute approximate surface area is 127 Å². The molecule has 1 fully saturated rings. The summed E-state index contributed by atoms with van der Waals surface area (Å²) in [7, 11) is 0. The summed E-state index contributed by atoms with van der Waals surface area (Å²) in [5, 5.41) is 0. The van der Waals surface area contributed by atoms with Crippen LogP contribution in [0, 0.1) is 5.92 Å². The fraction of sp³-hybridized carbons (Fsp3) is 0.765. The molecule has 4 heteroatoms. The molecule has 0 amide bonds. The van der Waals surface area contributed by atoms with Crippen LogP contribution in [-0.2, 0) is 19.1 Å². The highest BCUT2D eigenvalue weighted by molar-refractivity contribution is 5.72. The number of esters is 2. The van der Waals surface area contributed by atoms with Crippen molar-refractivity contribution in [1.29, 1.82) is 0 Å². The maximum atomic E-state index is 11.7. The number of carbonyl (C=O) groups is 2. The first-order valence-electron chi connectivity index (χ1n) is 7.96. The molecule has 0 aromatic heterocycles. The van der Waals surface area contributed by atoms with E-state index in [1.807, 2.05) is 19.9 Å². The molecule has 0 atom stereocenters. The first-order valence-corrected chi connectivity index (χ1v) is 7.96. The molecule has 0 radical (unpaired) electrons. The highest BCUT2D eigenvalue weighted by Crippen LogP contribution is 2.25. The quantitative estimate of drug-likeness (QED) is 0.530. The maximum Gasteiger partial charge on any atom is 0.306 e. The van der Waals surface area contributed by atoms with Crippen LogP contribution in [0.1, 0.15) is 65.7 Å². The van der Waals surface area contributed by atoms with Crippen LogP contribution < -0.4 is 0 Å². The summed E-state index contributed by atoms with van der Waals surface area (Å²) in [5.41, 5.74) is 1.12. The van der Waals surface area contributed by atoms with Crippen LogP contribution in [0.25, 0.3) is 0 Å². The molecule has 0 aromatic carbocycles. The molecule has 0 bridgehead atoms. The van der Waals surface area contributed by atoms with Crippen LogP contribution in [0.15, 0.2) is 11.6 Å². The minimum Gasteiger partial charge on any atom is -0.462 e. The van der Waals surface area contributed by atoms with Gasteiger partial charge in [0.05, 0.1) is 0 Å². The number of ether oxygens (including phenoxy) is 2. The molecule has 0 spiro atoms. The van der Waals surface area contributed by atoms with Gasteiger partial charge in [-0.25, -0.2) is 0 Å². The molecular formula is C17H28O4. The molecule has 0 aromatic rings. The van der Waals surface area contributed by atoms with Gasteiger partial charge in [0.2, 0.25) is 0 Å². The van der Waals surface area contributed by atoms with E-state index in [2.05, 4.69) is 6.92 Å². The van der Waals surface area contributed by atoms with Gasteiger partial charge in [0.15, 0.2) is 0 Å². The van der Waals surface area contributed by atoms with Crippen molar-refractivity contribution in [3.05, 3.63) is 11.6 Å². The van der Waals surface area contributed by atoms with E-state index in [1.165, 1.54) is 0 Å². The highest BCUT2D eigenvalue weighted by Gasteiger charge is 2.21. The lowest BCUT2D eigenvalue weighted by Gasteiger charge is -2.25. The number of hydrogen-bond acceptors (Lipinski definition) is 4. The summed E-state index contributed by atoms with van der Waals surface area (Å²) >= 11 is 0. The van der Waals surface area contributed by atoms with E-state index in [9.17, 15) is 9.59 Å². The largest absolute Gasteiger partial charge is 0.462 e. The molecule has 0 saturated heterocycles. The van der Waals surface area contributed by atoms with E-state index in [4.69, 9.17) is 9.47 Å². The Hall–Kier alpha value is -1.32. The molecule has 1 aliphatic carbocycles. The summed E-state index contributed by atoms with van der Waals surface area (Å²) < 4.78 is 10.5. The van der Waals surface area contributed by atoms with Gasteiger partial charge in [-0.1, -0.05) is 12.5 Å². The van der Waals surface area contributed by atoms with E-state index in [0.717, 1.165) is 37.2 Å². The van der Waals surface area contributed by atoms with E-state index in [0.29, 0.717) is 19.4 Å². The second-order valence-electron chi connectivity index (χ2n) is 6.19. The third kappa shape index (κ3) is 8.53. The minimum atomic E-state index is -0.258. The second kappa shape index (κ2) is 9.59. The Balaban J connectivity index is 2.07. The zero-order chi connectivity index (χ0) is 15.7. The summed E-state index contributed by atoms with van der Waals surface area (Å²) in [6, 6.07) is 0. The standard InChI is InChI=1S/C17H28O4/c1-13(2)11-12-20-16(18)5-4-6-17(19)21-15-9-7-14(3)8-10-15/h11,14-15H,4-10,12H2,1-3H3. The van der Waals surface area contributed by atoms with Gasteiger partial charge in [-0.3, -0.25) is 9.59 Å². The monoisotopic (exact) mass is 296 g/mol. The average molecular weight is 296 g/mol. The highest BCUT2D eigenvalue weighted by atomic mass is 16.5. The van der Waals surface area contributed by atoms with Crippen molar-refractivity contribution in [2.24, 2.45) is 5.92 Å². The van der Waals surface area contributed by atoms with Crippen molar-refractivity contribution in [2.75, 3.05) is 6.61 Å². The smallest absolute Gasteiger partial charge is 0.306 e. The van der Waals surface area contributed by atoms with Crippen molar-refractivity contribution in [2.45, 2.75) is 71.8 Å². The summed E-state index contributed by atoms with van der Waals surface area (Å²) in [6.07, 6.45) is 7.21. The molecule has 4 nitrogen and oxygen atoms in total. The lowest BCUT2D eigenvalue weighted by atomic mass is 9.89. The minimum absolute atomic E-state index is 0.0818. The maximum absolute atomic E-state index is 11.7. The fourth-order valence-corrected chi connectivity index (χ4v) is 2.34. The Kier molecular flexibility index (Phi) is 8.09. The fourth-order valence-electron chi connectivity index (χ4n) is 2.34. The van der Waals surface area contributed by atoms with Gasteiger partial charge in [-0.05, 0) is 57.9 Å². The van der Waals surface area contributed by atoms with Crippen LogP contribution in [-0.4, -0.2) is 24.6 Å². The number of rotatable bonds is 7. The molecule has 1 saturated carbocycles. The molecule has 0 aliphatic heterocycles. The molecule has 0 N–H and O–H groups in total. The summed E-state index contributed by atoms with van der Waals surface area (Å²) in [5.74, 6) is 0.300. The van der Waals surface area contributed by atoms with E-state index in [1.54, 1.807) is 0 Å². The van der Waals surface area contributed by atoms with Crippen LogP contribution >= 0.6 is 0 Å². The van der Waals surface area contributed by atoms with Gasteiger partial charge >= 0.3 is 11.9 Å². The topological polar surface area (TPSA) is 52.6 Å². The first-order chi connectivity index (χ1) is 9.97. The van der Waals surface area contributed by atoms with Crippen LogP contribution in [0.2, 0.25) is 0 Å². The number of allylic oxidation sites excluding steroid dienone is 1. The second-order valence-corrected chi connectivity index (χ2v) is 6.19. The summed E-state index contributed by atoms with van der Waals surface area (Å²) in [6.45, 7) is 6.45. The van der Waals surface area contributed by atoms with Gasteiger partial charge in [0.1, 0.15) is 12.7 Å². The number of hydrogen-bond donors (Lipinski definition) is 0. The zero-order valence-electron chi connectivity index (χ0n) is 13.5. The Morgan fingerprint density at radius 3 is 2.29 bits per heavy atom. The Morgan fingerprint density at radius 1 is 1.05 bits per heavy atom. The molecular weight excluding hydrogens is 268 g/mol. The van der Waals surface area contributed by atoms with Gasteiger partial charge in [0.25, 0.3) is 0 Å². The predicted molar refractivity (Wildman–Crippen MR) is 81.8 cm³/mol. The van der Waals surface area contributed by atoms with E-state index >= 15 is 0 Å². The Bertz CT molecular complexity index is 361. The van der Waals surface area contributed by atoms with Crippen LogP contribution in [0.3, 0.4) is 0 Å². The van der Waals surface area contributed by atoms with E-state index in [-0.39, 0.29) is 24.5 Å². The third-order valence-corrected chi connectivity index (χ3v) is 3.76. The van der Waals surface area contributed by atoms with Crippen molar-refractivity contribution in [3.8, 4) is 0 Å². The molecule has 21 heavy (non-hydrogen) atoms. The molecule has 0 heterocycles. The van der Waals surface area contributed by atoms with Crippen molar-refractivity contribution in [3.63, 3.8) is 0 Å². The first kappa shape index (κ1) is 17.7. The van der Waals surface area contributed by atoms with Gasteiger partial charge in [0, 0.05) is 12.8 Å². The van der Waals surface area contributed by atoms with Gasteiger partial charge < -0.3 is 9.47 Å².